The van der Waals surface area contributed by atoms with Gasteiger partial charge < -0.3 is 15.2 Å². The van der Waals surface area contributed by atoms with Crippen LogP contribution in [0, 0.1) is 5.92 Å². The van der Waals surface area contributed by atoms with Crippen LogP contribution in [0.5, 0.6) is 0 Å². The zero-order valence-electron chi connectivity index (χ0n) is 9.66. The first-order valence-electron chi connectivity index (χ1n) is 5.41. The number of methoxy groups -OCH3 is 1. The number of esters is 1. The SMILES string of the molecule is COC(=O)[C@@H]1CCC[C@H](O)[C@@H]1NC(=O)C(Cl)(Cl)Cl. The third kappa shape index (κ3) is 3.88. The maximum atomic E-state index is 11.6. The van der Waals surface area contributed by atoms with Gasteiger partial charge in [-0.2, -0.15) is 0 Å². The first kappa shape index (κ1) is 15.8. The van der Waals surface area contributed by atoms with E-state index in [1.807, 2.05) is 0 Å². The maximum Gasteiger partial charge on any atom is 0.310 e. The van der Waals surface area contributed by atoms with Crippen LogP contribution in [-0.2, 0) is 14.3 Å². The van der Waals surface area contributed by atoms with Gasteiger partial charge >= 0.3 is 5.97 Å². The van der Waals surface area contributed by atoms with Gasteiger partial charge in [0.2, 0.25) is 0 Å². The van der Waals surface area contributed by atoms with Crippen molar-refractivity contribution in [1.29, 1.82) is 0 Å². The van der Waals surface area contributed by atoms with Gasteiger partial charge in [-0.1, -0.05) is 34.8 Å². The Morgan fingerprint density at radius 2 is 1.94 bits per heavy atom. The minimum absolute atomic E-state index is 0.471. The molecule has 0 aromatic rings. The molecule has 3 atom stereocenters. The first-order chi connectivity index (χ1) is 8.27. The van der Waals surface area contributed by atoms with E-state index in [0.717, 1.165) is 0 Å². The van der Waals surface area contributed by atoms with Crippen LogP contribution >= 0.6 is 34.8 Å². The molecule has 0 heterocycles. The van der Waals surface area contributed by atoms with E-state index in [1.165, 1.54) is 7.11 Å². The van der Waals surface area contributed by atoms with Gasteiger partial charge in [0.1, 0.15) is 0 Å². The molecule has 0 saturated heterocycles. The summed E-state index contributed by atoms with van der Waals surface area (Å²) >= 11 is 16.3. The number of rotatable bonds is 2. The van der Waals surface area contributed by atoms with Crippen molar-refractivity contribution in [3.8, 4) is 0 Å². The molecule has 2 N–H and O–H groups in total. The monoisotopic (exact) mass is 317 g/mol. The number of hydrogen-bond donors (Lipinski definition) is 2. The van der Waals surface area contributed by atoms with Crippen LogP contribution in [0.25, 0.3) is 0 Å². The lowest BCUT2D eigenvalue weighted by molar-refractivity contribution is -0.150. The first-order valence-corrected chi connectivity index (χ1v) is 6.54. The zero-order chi connectivity index (χ0) is 13.9. The lowest BCUT2D eigenvalue weighted by Crippen LogP contribution is -2.55. The van der Waals surface area contributed by atoms with Crippen LogP contribution < -0.4 is 5.32 Å². The molecule has 1 amide bonds. The second kappa shape index (κ2) is 6.28. The third-order valence-corrected chi connectivity index (χ3v) is 3.44. The van der Waals surface area contributed by atoms with Gasteiger partial charge in [-0.05, 0) is 19.3 Å². The second-order valence-corrected chi connectivity index (χ2v) is 6.41. The normalized spacial score (nSPS) is 28.6. The van der Waals surface area contributed by atoms with E-state index in [1.54, 1.807) is 0 Å². The van der Waals surface area contributed by atoms with Crippen molar-refractivity contribution in [2.75, 3.05) is 7.11 Å². The van der Waals surface area contributed by atoms with E-state index >= 15 is 0 Å². The molecular formula is C10H14Cl3NO4. The van der Waals surface area contributed by atoms with Crippen LogP contribution in [0.15, 0.2) is 0 Å². The third-order valence-electron chi connectivity index (χ3n) is 2.92. The number of carbonyl (C=O) groups excluding carboxylic acids is 2. The largest absolute Gasteiger partial charge is 0.469 e. The summed E-state index contributed by atoms with van der Waals surface area (Å²) in [6, 6.07) is -0.797. The maximum absolute atomic E-state index is 11.6. The molecule has 0 radical (unpaired) electrons. The minimum atomic E-state index is -2.13. The Balaban J connectivity index is 2.79. The van der Waals surface area contributed by atoms with Crippen LogP contribution in [0.2, 0.25) is 0 Å². The molecule has 0 spiro atoms. The van der Waals surface area contributed by atoms with Crippen molar-refractivity contribution in [3.63, 3.8) is 0 Å². The summed E-state index contributed by atoms with van der Waals surface area (Å²) in [7, 11) is 1.25. The van der Waals surface area contributed by atoms with Crippen LogP contribution in [0.4, 0.5) is 0 Å². The van der Waals surface area contributed by atoms with Crippen LogP contribution in [0.3, 0.4) is 0 Å². The Kier molecular flexibility index (Phi) is 5.52. The summed E-state index contributed by atoms with van der Waals surface area (Å²) in [5.41, 5.74) is 0. The van der Waals surface area contributed by atoms with Crippen molar-refractivity contribution in [1.82, 2.24) is 5.32 Å². The summed E-state index contributed by atoms with van der Waals surface area (Å²) in [5.74, 6) is -1.99. The molecule has 0 unspecified atom stereocenters. The Bertz CT molecular complexity index is 332. The Hall–Kier alpha value is -0.230. The molecule has 0 aromatic heterocycles. The molecule has 104 valence electrons. The molecular weight excluding hydrogens is 304 g/mol. The molecule has 0 aliphatic heterocycles. The molecule has 1 aliphatic carbocycles. The number of ether oxygens (including phenoxy) is 1. The average molecular weight is 319 g/mol. The highest BCUT2D eigenvalue weighted by Crippen LogP contribution is 2.30. The van der Waals surface area contributed by atoms with E-state index in [9.17, 15) is 14.7 Å². The number of hydrogen-bond acceptors (Lipinski definition) is 4. The fourth-order valence-electron chi connectivity index (χ4n) is 2.02. The molecule has 1 saturated carbocycles. The Morgan fingerprint density at radius 1 is 1.33 bits per heavy atom. The van der Waals surface area contributed by atoms with Gasteiger partial charge in [0, 0.05) is 0 Å². The van der Waals surface area contributed by atoms with Gasteiger partial charge in [0.15, 0.2) is 0 Å². The lowest BCUT2D eigenvalue weighted by Gasteiger charge is -2.34. The van der Waals surface area contributed by atoms with Crippen LogP contribution in [0.1, 0.15) is 19.3 Å². The average Bonchev–Trinajstić information content (AvgIpc) is 2.29. The number of halogens is 3. The van der Waals surface area contributed by atoms with Gasteiger partial charge in [0.05, 0.1) is 25.2 Å². The minimum Gasteiger partial charge on any atom is -0.469 e. The topological polar surface area (TPSA) is 75.6 Å². The Labute approximate surface area is 120 Å². The van der Waals surface area contributed by atoms with Gasteiger partial charge in [-0.15, -0.1) is 0 Å². The summed E-state index contributed by atoms with van der Waals surface area (Å²) in [6.07, 6.45) is 0.785. The lowest BCUT2D eigenvalue weighted by atomic mass is 9.82. The molecule has 5 nitrogen and oxygen atoms in total. The van der Waals surface area contributed by atoms with Crippen molar-refractivity contribution < 1.29 is 19.4 Å². The quantitative estimate of drug-likeness (QED) is 0.592. The molecule has 0 bridgehead atoms. The Morgan fingerprint density at radius 3 is 2.44 bits per heavy atom. The smallest absolute Gasteiger partial charge is 0.310 e. The fourth-order valence-corrected chi connectivity index (χ4v) is 2.18. The fraction of sp³-hybridized carbons (Fsp3) is 0.800. The van der Waals surface area contributed by atoms with E-state index in [-0.39, 0.29) is 0 Å². The summed E-state index contributed by atoms with van der Waals surface area (Å²) in [5, 5.41) is 12.2. The molecule has 1 aliphatic rings. The van der Waals surface area contributed by atoms with Crippen molar-refractivity contribution in [3.05, 3.63) is 0 Å². The summed E-state index contributed by atoms with van der Waals surface area (Å²) in [6.45, 7) is 0. The van der Waals surface area contributed by atoms with Crippen molar-refractivity contribution >= 4 is 46.7 Å². The predicted molar refractivity (Wildman–Crippen MR) is 67.6 cm³/mol. The highest BCUT2D eigenvalue weighted by Gasteiger charge is 2.41. The number of aliphatic hydroxyl groups excluding tert-OH is 1. The zero-order valence-corrected chi connectivity index (χ0v) is 11.9. The number of aliphatic hydroxyl groups is 1. The van der Waals surface area contributed by atoms with Crippen molar-refractivity contribution in [2.24, 2.45) is 5.92 Å². The number of carbonyl (C=O) groups is 2. The second-order valence-electron chi connectivity index (χ2n) is 4.12. The van der Waals surface area contributed by atoms with Gasteiger partial charge in [0.25, 0.3) is 9.70 Å². The number of alkyl halides is 3. The standard InChI is InChI=1S/C10H14Cl3NO4/c1-18-8(16)5-3-2-4-6(15)7(5)14-9(17)10(11,12)13/h5-7,15H,2-4H2,1H3,(H,14,17)/t5-,6+,7-/m1/s1. The summed E-state index contributed by atoms with van der Waals surface area (Å²) in [4.78, 5) is 23.1. The van der Waals surface area contributed by atoms with E-state index < -0.39 is 33.7 Å². The van der Waals surface area contributed by atoms with E-state index in [4.69, 9.17) is 34.8 Å². The van der Waals surface area contributed by atoms with E-state index in [2.05, 4.69) is 10.1 Å². The molecule has 0 aromatic carbocycles. The number of nitrogens with one attached hydrogen (secondary N) is 1. The van der Waals surface area contributed by atoms with Gasteiger partial charge in [-0.25, -0.2) is 0 Å². The van der Waals surface area contributed by atoms with Crippen molar-refractivity contribution in [2.45, 2.75) is 35.2 Å². The van der Waals surface area contributed by atoms with Crippen LogP contribution in [-0.4, -0.2) is 40.0 Å². The molecule has 8 heteroatoms. The molecule has 1 fully saturated rings. The highest BCUT2D eigenvalue weighted by molar-refractivity contribution is 6.76. The van der Waals surface area contributed by atoms with E-state index in [0.29, 0.717) is 19.3 Å². The predicted octanol–water partition coefficient (Wildman–Crippen LogP) is 1.18. The highest BCUT2D eigenvalue weighted by atomic mass is 35.6. The van der Waals surface area contributed by atoms with Gasteiger partial charge in [-0.3, -0.25) is 9.59 Å². The number of amides is 1. The molecule has 1 rings (SSSR count). The molecule has 18 heavy (non-hydrogen) atoms. The summed E-state index contributed by atoms with van der Waals surface area (Å²) < 4.78 is 2.51.